The Bertz CT molecular complexity index is 989. The molecule has 1 amide bonds. The maximum Gasteiger partial charge on any atom is 0.262 e. The topological polar surface area (TPSA) is 80.0 Å². The van der Waals surface area contributed by atoms with Gasteiger partial charge in [-0.05, 0) is 18.6 Å². The van der Waals surface area contributed by atoms with Gasteiger partial charge in [-0.25, -0.2) is 19.0 Å². The highest BCUT2D eigenvalue weighted by atomic mass is 19.1. The quantitative estimate of drug-likeness (QED) is 0.704. The van der Waals surface area contributed by atoms with Gasteiger partial charge in [-0.1, -0.05) is 0 Å². The number of hydrogen-bond acceptors (Lipinski definition) is 6. The van der Waals surface area contributed by atoms with Gasteiger partial charge in [-0.3, -0.25) is 9.78 Å². The number of carbonyl (C=O) groups is 1. The molecule has 1 fully saturated rings. The average molecular weight is 365 g/mol. The zero-order valence-electron chi connectivity index (χ0n) is 14.4. The molecule has 27 heavy (non-hydrogen) atoms. The van der Waals surface area contributed by atoms with E-state index in [2.05, 4.69) is 20.1 Å². The van der Waals surface area contributed by atoms with Crippen LogP contribution < -0.4 is 9.80 Å². The minimum absolute atomic E-state index is 0.111. The Kier molecular flexibility index (Phi) is 3.59. The second kappa shape index (κ2) is 6.11. The van der Waals surface area contributed by atoms with Crippen molar-refractivity contribution < 1.29 is 9.18 Å². The number of nitrogens with zero attached hydrogens (tertiary/aromatic N) is 7. The van der Waals surface area contributed by atoms with E-state index in [1.807, 2.05) is 11.0 Å². The van der Waals surface area contributed by atoms with E-state index in [0.717, 1.165) is 5.69 Å². The molecule has 0 unspecified atom stereocenters. The monoisotopic (exact) mass is 365 g/mol. The normalized spacial score (nSPS) is 19.0. The molecule has 136 valence electrons. The van der Waals surface area contributed by atoms with Gasteiger partial charge in [0, 0.05) is 18.9 Å². The summed E-state index contributed by atoms with van der Waals surface area (Å²) in [6.45, 7) is 1.39. The maximum atomic E-state index is 13.3. The van der Waals surface area contributed by atoms with Gasteiger partial charge in [0.1, 0.15) is 12.0 Å². The fraction of sp³-hybridized carbons (Fsp3) is 0.278. The summed E-state index contributed by atoms with van der Waals surface area (Å²) in [5.74, 6) is 1.06. The second-order valence-corrected chi connectivity index (χ2v) is 6.60. The standard InChI is InChI=1S/C18H16FN7O/c19-12-3-5-24(9-12)16-7-22-17(8-21-16)26-10-14-15(23-26)11-25(18(14)27)13-2-1-4-20-6-13/h1-2,4,6-8,10,12H,3,5,9,11H2/t12-/m1/s1. The summed E-state index contributed by atoms with van der Waals surface area (Å²) in [5.41, 5.74) is 1.98. The van der Waals surface area contributed by atoms with Crippen LogP contribution in [0, 0.1) is 0 Å². The van der Waals surface area contributed by atoms with Crippen molar-refractivity contribution in [1.82, 2.24) is 24.7 Å². The first kappa shape index (κ1) is 15.9. The molecule has 3 aromatic rings. The van der Waals surface area contributed by atoms with Gasteiger partial charge in [-0.2, -0.15) is 5.10 Å². The molecular formula is C18H16FN7O. The number of carbonyl (C=O) groups excluding carboxylic acids is 1. The predicted molar refractivity (Wildman–Crippen MR) is 95.6 cm³/mol. The molecule has 3 aromatic heterocycles. The summed E-state index contributed by atoms with van der Waals surface area (Å²) in [6.07, 6.45) is 7.91. The average Bonchev–Trinajstić information content (AvgIpc) is 3.39. The zero-order chi connectivity index (χ0) is 18.4. The predicted octanol–water partition coefficient (Wildman–Crippen LogP) is 1.77. The van der Waals surface area contributed by atoms with Crippen LogP contribution in [0.5, 0.6) is 0 Å². The molecule has 1 atom stereocenters. The first-order valence-electron chi connectivity index (χ1n) is 8.71. The van der Waals surface area contributed by atoms with Crippen LogP contribution in [0.25, 0.3) is 5.82 Å². The third-order valence-corrected chi connectivity index (χ3v) is 4.85. The fourth-order valence-corrected chi connectivity index (χ4v) is 3.43. The summed E-state index contributed by atoms with van der Waals surface area (Å²) < 4.78 is 14.9. The van der Waals surface area contributed by atoms with Crippen LogP contribution in [0.3, 0.4) is 0 Å². The molecule has 5 heterocycles. The smallest absolute Gasteiger partial charge is 0.262 e. The lowest BCUT2D eigenvalue weighted by molar-refractivity contribution is 0.0996. The number of amides is 1. The fourth-order valence-electron chi connectivity index (χ4n) is 3.43. The number of rotatable bonds is 3. The van der Waals surface area contributed by atoms with E-state index in [9.17, 15) is 9.18 Å². The number of alkyl halides is 1. The van der Waals surface area contributed by atoms with E-state index in [1.54, 1.807) is 46.6 Å². The molecule has 2 aliphatic rings. The Morgan fingerprint density at radius 1 is 1.15 bits per heavy atom. The van der Waals surface area contributed by atoms with Gasteiger partial charge in [-0.15, -0.1) is 0 Å². The highest BCUT2D eigenvalue weighted by Gasteiger charge is 2.32. The summed E-state index contributed by atoms with van der Waals surface area (Å²) in [5, 5.41) is 4.48. The van der Waals surface area contributed by atoms with Crippen LogP contribution >= 0.6 is 0 Å². The summed E-state index contributed by atoms with van der Waals surface area (Å²) >= 11 is 0. The molecule has 0 N–H and O–H groups in total. The Balaban J connectivity index is 1.37. The highest BCUT2D eigenvalue weighted by molar-refractivity contribution is 6.09. The summed E-state index contributed by atoms with van der Waals surface area (Å²) in [7, 11) is 0. The van der Waals surface area contributed by atoms with Gasteiger partial charge >= 0.3 is 0 Å². The van der Waals surface area contributed by atoms with E-state index < -0.39 is 6.17 Å². The third kappa shape index (κ3) is 2.71. The second-order valence-electron chi connectivity index (χ2n) is 6.60. The van der Waals surface area contributed by atoms with Gasteiger partial charge in [0.2, 0.25) is 0 Å². The van der Waals surface area contributed by atoms with Crippen molar-refractivity contribution in [3.05, 3.63) is 54.4 Å². The molecule has 0 aliphatic carbocycles. The highest BCUT2D eigenvalue weighted by Crippen LogP contribution is 2.27. The van der Waals surface area contributed by atoms with Crippen molar-refractivity contribution in [3.8, 4) is 5.82 Å². The Labute approximate surface area is 154 Å². The van der Waals surface area contributed by atoms with Crippen molar-refractivity contribution >= 4 is 17.4 Å². The van der Waals surface area contributed by atoms with Crippen LogP contribution in [0.2, 0.25) is 0 Å². The number of anilines is 2. The van der Waals surface area contributed by atoms with E-state index in [-0.39, 0.29) is 5.91 Å². The number of halogens is 1. The lowest BCUT2D eigenvalue weighted by atomic mass is 10.3. The summed E-state index contributed by atoms with van der Waals surface area (Å²) in [4.78, 5) is 29.0. The van der Waals surface area contributed by atoms with Crippen LogP contribution in [0.15, 0.2) is 43.1 Å². The zero-order valence-corrected chi connectivity index (χ0v) is 14.4. The van der Waals surface area contributed by atoms with E-state index in [0.29, 0.717) is 48.9 Å². The minimum atomic E-state index is -0.811. The molecule has 0 bridgehead atoms. The Morgan fingerprint density at radius 2 is 2.00 bits per heavy atom. The van der Waals surface area contributed by atoms with Crippen molar-refractivity contribution in [2.45, 2.75) is 19.1 Å². The van der Waals surface area contributed by atoms with Crippen LogP contribution in [0.1, 0.15) is 22.5 Å². The van der Waals surface area contributed by atoms with E-state index >= 15 is 0 Å². The van der Waals surface area contributed by atoms with Crippen molar-refractivity contribution in [2.24, 2.45) is 0 Å². The van der Waals surface area contributed by atoms with Crippen LogP contribution in [-0.4, -0.2) is 49.9 Å². The molecule has 0 aromatic carbocycles. The minimum Gasteiger partial charge on any atom is -0.352 e. The number of hydrogen-bond donors (Lipinski definition) is 0. The Morgan fingerprint density at radius 3 is 2.67 bits per heavy atom. The van der Waals surface area contributed by atoms with Crippen LogP contribution in [0.4, 0.5) is 15.9 Å². The molecule has 0 saturated carbocycles. The van der Waals surface area contributed by atoms with Crippen molar-refractivity contribution in [1.29, 1.82) is 0 Å². The number of pyridine rings is 1. The Hall–Kier alpha value is -3.36. The lowest BCUT2D eigenvalue weighted by Crippen LogP contribution is -2.24. The third-order valence-electron chi connectivity index (χ3n) is 4.85. The largest absolute Gasteiger partial charge is 0.352 e. The van der Waals surface area contributed by atoms with E-state index in [4.69, 9.17) is 0 Å². The molecule has 0 spiro atoms. The molecular weight excluding hydrogens is 349 g/mol. The van der Waals surface area contributed by atoms with Gasteiger partial charge in [0.05, 0.1) is 48.6 Å². The van der Waals surface area contributed by atoms with Gasteiger partial charge in [0.25, 0.3) is 5.91 Å². The molecule has 5 rings (SSSR count). The van der Waals surface area contributed by atoms with Crippen LogP contribution in [-0.2, 0) is 6.54 Å². The maximum absolute atomic E-state index is 13.3. The van der Waals surface area contributed by atoms with Crippen molar-refractivity contribution in [3.63, 3.8) is 0 Å². The van der Waals surface area contributed by atoms with Gasteiger partial charge in [0.15, 0.2) is 5.82 Å². The van der Waals surface area contributed by atoms with Gasteiger partial charge < -0.3 is 9.80 Å². The molecule has 9 heteroatoms. The number of fused-ring (bicyclic) bond motifs is 1. The molecule has 0 radical (unpaired) electrons. The molecule has 8 nitrogen and oxygen atoms in total. The van der Waals surface area contributed by atoms with E-state index in [1.165, 1.54) is 0 Å². The SMILES string of the molecule is O=C1c2cn(-c3cnc(N4CC[C@@H](F)C4)cn3)nc2CN1c1cccnc1. The molecule has 1 saturated heterocycles. The number of aromatic nitrogens is 5. The molecule has 2 aliphatic heterocycles. The van der Waals surface area contributed by atoms with Crippen molar-refractivity contribution in [2.75, 3.05) is 22.9 Å². The lowest BCUT2D eigenvalue weighted by Gasteiger charge is -2.16. The summed E-state index contributed by atoms with van der Waals surface area (Å²) in [6, 6.07) is 3.64. The first-order valence-corrected chi connectivity index (χ1v) is 8.71. The first-order chi connectivity index (χ1) is 13.2.